The third kappa shape index (κ3) is 5.09. The van der Waals surface area contributed by atoms with Crippen LogP contribution in [0.5, 0.6) is 0 Å². The van der Waals surface area contributed by atoms with E-state index in [0.717, 1.165) is 55.4 Å². The van der Waals surface area contributed by atoms with Crippen LogP contribution in [0.3, 0.4) is 0 Å². The maximum atomic E-state index is 6.54. The van der Waals surface area contributed by atoms with Gasteiger partial charge in [-0.2, -0.15) is 0 Å². The van der Waals surface area contributed by atoms with Gasteiger partial charge in [0.25, 0.3) is 0 Å². The third-order valence-electron chi connectivity index (χ3n) is 12.4. The van der Waals surface area contributed by atoms with Crippen molar-refractivity contribution < 1.29 is 4.42 Å². The van der Waals surface area contributed by atoms with Crippen molar-refractivity contribution in [3.63, 3.8) is 0 Å². The number of benzene rings is 9. The summed E-state index contributed by atoms with van der Waals surface area (Å²) in [7, 11) is 0. The lowest BCUT2D eigenvalue weighted by molar-refractivity contribution is 0.670. The molecule has 9 aromatic carbocycles. The monoisotopic (exact) mass is 764 g/mol. The first-order valence-corrected chi connectivity index (χ1v) is 20.5. The molecule has 12 rings (SSSR count). The summed E-state index contributed by atoms with van der Waals surface area (Å²) in [4.78, 5) is 10.5. The fourth-order valence-electron chi connectivity index (χ4n) is 9.86. The number of hydrogen-bond donors (Lipinski definition) is 0. The van der Waals surface area contributed by atoms with E-state index in [9.17, 15) is 0 Å². The first-order valence-electron chi connectivity index (χ1n) is 20.5. The van der Waals surface area contributed by atoms with Gasteiger partial charge in [0.2, 0.25) is 0 Å². The van der Waals surface area contributed by atoms with Crippen LogP contribution in [0, 0.1) is 0 Å². The molecule has 0 atom stereocenters. The van der Waals surface area contributed by atoms with E-state index >= 15 is 0 Å². The minimum atomic E-state index is -0.478. The molecule has 0 fully saturated rings. The molecule has 0 unspecified atom stereocenters. The molecule has 2 heterocycles. The lowest BCUT2D eigenvalue weighted by Gasteiger charge is -2.34. The molecule has 0 amide bonds. The van der Waals surface area contributed by atoms with Gasteiger partial charge in [0.15, 0.2) is 5.82 Å². The van der Waals surface area contributed by atoms with E-state index in [1.54, 1.807) is 0 Å². The van der Waals surface area contributed by atoms with Crippen LogP contribution in [-0.2, 0) is 5.41 Å². The minimum Gasteiger partial charge on any atom is -0.455 e. The maximum absolute atomic E-state index is 6.54. The molecule has 0 aliphatic heterocycles. The highest BCUT2D eigenvalue weighted by atomic mass is 16.3. The SMILES string of the molecule is c1ccc(-c2nc(-c3ccc(-c4cccc5c4-c4ccccc4C5(c4ccccc4)c4ccccc4)c4ccccc34)cc(-c3cccc4c3oc3ccccc34)n2)cc1. The van der Waals surface area contributed by atoms with Crippen LogP contribution >= 0.6 is 0 Å². The Hall–Kier alpha value is -7.88. The summed E-state index contributed by atoms with van der Waals surface area (Å²) in [6.45, 7) is 0. The van der Waals surface area contributed by atoms with Crippen molar-refractivity contribution in [2.75, 3.05) is 0 Å². The molecule has 0 radical (unpaired) electrons. The van der Waals surface area contributed by atoms with E-state index < -0.39 is 5.41 Å². The zero-order valence-corrected chi connectivity index (χ0v) is 32.6. The van der Waals surface area contributed by atoms with Gasteiger partial charge in [-0.05, 0) is 73.5 Å². The molecule has 0 saturated heterocycles. The van der Waals surface area contributed by atoms with E-state index in [1.165, 1.54) is 49.9 Å². The van der Waals surface area contributed by atoms with Gasteiger partial charge in [-0.15, -0.1) is 0 Å². The van der Waals surface area contributed by atoms with Crippen molar-refractivity contribution in [3.05, 3.63) is 241 Å². The van der Waals surface area contributed by atoms with Crippen LogP contribution in [0.2, 0.25) is 0 Å². The van der Waals surface area contributed by atoms with Crippen molar-refractivity contribution >= 4 is 32.7 Å². The van der Waals surface area contributed by atoms with E-state index in [0.29, 0.717) is 5.82 Å². The molecule has 11 aromatic rings. The molecule has 3 nitrogen and oxygen atoms in total. The van der Waals surface area contributed by atoms with Crippen LogP contribution in [0.25, 0.3) is 88.9 Å². The second-order valence-corrected chi connectivity index (χ2v) is 15.6. The van der Waals surface area contributed by atoms with E-state index in [2.05, 4.69) is 188 Å². The van der Waals surface area contributed by atoms with E-state index in [-0.39, 0.29) is 0 Å². The molecule has 60 heavy (non-hydrogen) atoms. The number of fused-ring (bicyclic) bond motifs is 7. The Morgan fingerprint density at radius 1 is 0.350 bits per heavy atom. The molecule has 1 aliphatic carbocycles. The summed E-state index contributed by atoms with van der Waals surface area (Å²) < 4.78 is 6.54. The van der Waals surface area contributed by atoms with Gasteiger partial charge in [-0.3, -0.25) is 0 Å². The topological polar surface area (TPSA) is 38.9 Å². The highest BCUT2D eigenvalue weighted by Crippen LogP contribution is 2.58. The largest absolute Gasteiger partial charge is 0.455 e. The Morgan fingerprint density at radius 2 is 0.867 bits per heavy atom. The molecule has 0 N–H and O–H groups in total. The molecule has 0 bridgehead atoms. The Balaban J connectivity index is 1.09. The van der Waals surface area contributed by atoms with Gasteiger partial charge in [0.05, 0.1) is 16.8 Å². The van der Waals surface area contributed by atoms with Gasteiger partial charge in [-0.25, -0.2) is 9.97 Å². The second kappa shape index (κ2) is 13.6. The Morgan fingerprint density at radius 3 is 1.62 bits per heavy atom. The zero-order valence-electron chi connectivity index (χ0n) is 32.6. The maximum Gasteiger partial charge on any atom is 0.160 e. The predicted octanol–water partition coefficient (Wildman–Crippen LogP) is 14.6. The van der Waals surface area contributed by atoms with Crippen LogP contribution in [0.1, 0.15) is 22.3 Å². The molecular weight excluding hydrogens is 729 g/mol. The van der Waals surface area contributed by atoms with Crippen molar-refractivity contribution in [2.45, 2.75) is 5.41 Å². The number of nitrogens with zero attached hydrogens (tertiary/aromatic N) is 2. The molecule has 0 spiro atoms. The Bertz CT molecular complexity index is 3380. The smallest absolute Gasteiger partial charge is 0.160 e. The molecule has 0 saturated carbocycles. The van der Waals surface area contributed by atoms with Crippen LogP contribution in [0.15, 0.2) is 223 Å². The molecule has 280 valence electrons. The van der Waals surface area contributed by atoms with E-state index in [4.69, 9.17) is 14.4 Å². The first-order chi connectivity index (χ1) is 29.8. The quantitative estimate of drug-likeness (QED) is 0.169. The van der Waals surface area contributed by atoms with Crippen molar-refractivity contribution in [1.82, 2.24) is 9.97 Å². The summed E-state index contributed by atoms with van der Waals surface area (Å²) in [5.74, 6) is 0.667. The van der Waals surface area contributed by atoms with Gasteiger partial charge in [0, 0.05) is 27.5 Å². The van der Waals surface area contributed by atoms with Crippen molar-refractivity contribution in [1.29, 1.82) is 0 Å². The highest BCUT2D eigenvalue weighted by molar-refractivity contribution is 6.11. The second-order valence-electron chi connectivity index (χ2n) is 15.6. The molecule has 3 heteroatoms. The number of para-hydroxylation sites is 2. The number of furan rings is 1. The average molecular weight is 765 g/mol. The first kappa shape index (κ1) is 34.2. The molecule has 2 aromatic heterocycles. The number of aromatic nitrogens is 2. The normalized spacial score (nSPS) is 12.8. The van der Waals surface area contributed by atoms with Crippen LogP contribution in [-0.4, -0.2) is 9.97 Å². The Kier molecular flexibility index (Phi) is 7.76. The van der Waals surface area contributed by atoms with Gasteiger partial charge in [-0.1, -0.05) is 200 Å². The highest BCUT2D eigenvalue weighted by Gasteiger charge is 2.46. The zero-order chi connectivity index (χ0) is 39.6. The van der Waals surface area contributed by atoms with E-state index in [1.807, 2.05) is 30.3 Å². The van der Waals surface area contributed by atoms with Crippen molar-refractivity contribution in [2.24, 2.45) is 0 Å². The van der Waals surface area contributed by atoms with Crippen LogP contribution in [0.4, 0.5) is 0 Å². The van der Waals surface area contributed by atoms with Gasteiger partial charge in [0.1, 0.15) is 11.2 Å². The minimum absolute atomic E-state index is 0.478. The summed E-state index contributed by atoms with van der Waals surface area (Å²) in [5, 5.41) is 4.45. The molecule has 1 aliphatic rings. The van der Waals surface area contributed by atoms with Gasteiger partial charge >= 0.3 is 0 Å². The summed E-state index contributed by atoms with van der Waals surface area (Å²) in [6, 6.07) is 78.1. The number of hydrogen-bond acceptors (Lipinski definition) is 3. The lowest BCUT2D eigenvalue weighted by Crippen LogP contribution is -2.28. The summed E-state index contributed by atoms with van der Waals surface area (Å²) in [6.07, 6.45) is 0. The fraction of sp³-hybridized carbons (Fsp3) is 0.0175. The molecular formula is C57H36N2O. The van der Waals surface area contributed by atoms with Crippen molar-refractivity contribution in [3.8, 4) is 56.2 Å². The average Bonchev–Trinajstić information content (AvgIpc) is 3.86. The number of rotatable bonds is 6. The standard InChI is InChI=1S/C57H36N2O/c1-4-18-37(19-5-1)56-58-51(36-52(59-56)48-30-16-29-46-44-26-13-15-33-53(44)60-55(46)48)43-35-34-42(40-24-10-11-25-41(40)43)45-28-17-32-50-54(45)47-27-12-14-31-49(47)57(50,38-20-6-2-7-21-38)39-22-8-3-9-23-39/h1-36H. The Labute approximate surface area is 347 Å². The lowest BCUT2D eigenvalue weighted by atomic mass is 9.67. The van der Waals surface area contributed by atoms with Gasteiger partial charge < -0.3 is 4.42 Å². The fourth-order valence-corrected chi connectivity index (χ4v) is 9.86. The van der Waals surface area contributed by atoms with Crippen LogP contribution < -0.4 is 0 Å². The summed E-state index contributed by atoms with van der Waals surface area (Å²) in [5.41, 5.74) is 15.8. The summed E-state index contributed by atoms with van der Waals surface area (Å²) >= 11 is 0. The third-order valence-corrected chi connectivity index (χ3v) is 12.4. The predicted molar refractivity (Wildman–Crippen MR) is 246 cm³/mol.